The molecule has 116 valence electrons. The van der Waals surface area contributed by atoms with Crippen LogP contribution >= 0.6 is 0 Å². The Hall–Kier alpha value is -1.84. The number of hydrogen-bond acceptors (Lipinski definition) is 4. The lowest BCUT2D eigenvalue weighted by Crippen LogP contribution is -2.25. The Morgan fingerprint density at radius 1 is 1.10 bits per heavy atom. The van der Waals surface area contributed by atoms with Gasteiger partial charge in [-0.3, -0.25) is 9.59 Å². The highest BCUT2D eigenvalue weighted by molar-refractivity contribution is 6.00. The van der Waals surface area contributed by atoms with Crippen LogP contribution in [0.5, 0.6) is 0 Å². The van der Waals surface area contributed by atoms with E-state index in [1.165, 1.54) is 6.92 Å². The smallest absolute Gasteiger partial charge is 0.303 e. The van der Waals surface area contributed by atoms with Crippen LogP contribution in [0, 0.1) is 0 Å². The summed E-state index contributed by atoms with van der Waals surface area (Å²) >= 11 is 0. The second kappa shape index (κ2) is 8.45. The van der Waals surface area contributed by atoms with E-state index in [1.54, 1.807) is 19.1 Å². The van der Waals surface area contributed by atoms with Gasteiger partial charge in [0.25, 0.3) is 0 Å². The zero-order valence-electron chi connectivity index (χ0n) is 13.4. The third-order valence-electron chi connectivity index (χ3n) is 3.22. The Morgan fingerprint density at radius 3 is 2.05 bits per heavy atom. The molecule has 4 nitrogen and oxygen atoms in total. The number of Topliss-reactive ketones (excluding diaryl/α,β-unsaturated/α-hetero) is 1. The SMILES string of the molecule is CCCN(CCC)c1ccc(C(=O)C(C)OC(C)=O)cc1. The number of ketones is 1. The summed E-state index contributed by atoms with van der Waals surface area (Å²) in [6, 6.07) is 7.52. The average Bonchev–Trinajstić information content (AvgIpc) is 2.46. The molecule has 0 aliphatic heterocycles. The van der Waals surface area contributed by atoms with Crippen molar-refractivity contribution < 1.29 is 14.3 Å². The third-order valence-corrected chi connectivity index (χ3v) is 3.22. The van der Waals surface area contributed by atoms with Crippen LogP contribution in [-0.2, 0) is 9.53 Å². The van der Waals surface area contributed by atoms with Crippen molar-refractivity contribution in [3.63, 3.8) is 0 Å². The van der Waals surface area contributed by atoms with E-state index in [9.17, 15) is 9.59 Å². The molecule has 1 unspecified atom stereocenters. The van der Waals surface area contributed by atoms with Gasteiger partial charge in [-0.15, -0.1) is 0 Å². The van der Waals surface area contributed by atoms with Crippen LogP contribution in [0.3, 0.4) is 0 Å². The van der Waals surface area contributed by atoms with Crippen LogP contribution in [0.25, 0.3) is 0 Å². The van der Waals surface area contributed by atoms with Gasteiger partial charge in [0.15, 0.2) is 6.10 Å². The zero-order chi connectivity index (χ0) is 15.8. The molecule has 0 aliphatic rings. The number of ether oxygens (including phenoxy) is 1. The van der Waals surface area contributed by atoms with Gasteiger partial charge in [0.1, 0.15) is 0 Å². The maximum absolute atomic E-state index is 12.1. The van der Waals surface area contributed by atoms with E-state index in [-0.39, 0.29) is 5.78 Å². The Kier molecular flexibility index (Phi) is 6.92. The number of esters is 1. The van der Waals surface area contributed by atoms with Gasteiger partial charge in [-0.05, 0) is 44.0 Å². The standard InChI is InChI=1S/C17H25NO3/c1-5-11-18(12-6-2)16-9-7-15(8-10-16)17(20)13(3)21-14(4)19/h7-10,13H,5-6,11-12H2,1-4H3. The zero-order valence-corrected chi connectivity index (χ0v) is 13.4. The van der Waals surface area contributed by atoms with Crippen LogP contribution in [0.2, 0.25) is 0 Å². The first-order chi connectivity index (χ1) is 9.99. The van der Waals surface area contributed by atoms with Crippen LogP contribution in [0.15, 0.2) is 24.3 Å². The molecule has 0 saturated carbocycles. The fourth-order valence-corrected chi connectivity index (χ4v) is 2.28. The van der Waals surface area contributed by atoms with E-state index >= 15 is 0 Å². The summed E-state index contributed by atoms with van der Waals surface area (Å²) in [5.74, 6) is -0.612. The number of anilines is 1. The van der Waals surface area contributed by atoms with Crippen molar-refractivity contribution in [2.24, 2.45) is 0 Å². The van der Waals surface area contributed by atoms with E-state index in [4.69, 9.17) is 4.74 Å². The number of carbonyl (C=O) groups is 2. The summed E-state index contributed by atoms with van der Waals surface area (Å²) < 4.78 is 4.92. The summed E-state index contributed by atoms with van der Waals surface area (Å²) in [6.07, 6.45) is 1.43. The van der Waals surface area contributed by atoms with Gasteiger partial charge >= 0.3 is 5.97 Å². The van der Waals surface area contributed by atoms with E-state index < -0.39 is 12.1 Å². The minimum absolute atomic E-state index is 0.172. The molecule has 1 aromatic rings. The van der Waals surface area contributed by atoms with E-state index in [0.29, 0.717) is 5.56 Å². The summed E-state index contributed by atoms with van der Waals surface area (Å²) in [5.41, 5.74) is 1.69. The molecule has 0 saturated heterocycles. The molecule has 0 N–H and O–H groups in total. The number of hydrogen-bond donors (Lipinski definition) is 0. The van der Waals surface area contributed by atoms with Gasteiger partial charge in [0.05, 0.1) is 0 Å². The van der Waals surface area contributed by atoms with Gasteiger partial charge in [-0.25, -0.2) is 0 Å². The summed E-state index contributed by atoms with van der Waals surface area (Å²) in [7, 11) is 0. The van der Waals surface area contributed by atoms with E-state index in [0.717, 1.165) is 31.6 Å². The molecule has 1 aromatic carbocycles. The molecule has 0 fully saturated rings. The fraction of sp³-hybridized carbons (Fsp3) is 0.529. The molecule has 0 aliphatic carbocycles. The monoisotopic (exact) mass is 291 g/mol. The summed E-state index contributed by atoms with van der Waals surface area (Å²) in [6.45, 7) is 9.22. The lowest BCUT2D eigenvalue weighted by atomic mass is 10.1. The van der Waals surface area contributed by atoms with Crippen molar-refractivity contribution in [1.82, 2.24) is 0 Å². The minimum Gasteiger partial charge on any atom is -0.454 e. The van der Waals surface area contributed by atoms with Crippen LogP contribution in [-0.4, -0.2) is 30.9 Å². The second-order valence-corrected chi connectivity index (χ2v) is 5.15. The first-order valence-electron chi connectivity index (χ1n) is 7.56. The fourth-order valence-electron chi connectivity index (χ4n) is 2.28. The Bertz CT molecular complexity index is 461. The highest BCUT2D eigenvalue weighted by atomic mass is 16.5. The Balaban J connectivity index is 2.80. The van der Waals surface area contributed by atoms with Crippen molar-refractivity contribution in [2.45, 2.75) is 46.6 Å². The second-order valence-electron chi connectivity index (χ2n) is 5.15. The molecular weight excluding hydrogens is 266 g/mol. The lowest BCUT2D eigenvalue weighted by Gasteiger charge is -2.24. The molecule has 4 heteroatoms. The normalized spacial score (nSPS) is 11.8. The highest BCUT2D eigenvalue weighted by Gasteiger charge is 2.18. The molecular formula is C17H25NO3. The summed E-state index contributed by atoms with van der Waals surface area (Å²) in [4.78, 5) is 25.3. The third kappa shape index (κ3) is 5.21. The number of carbonyl (C=O) groups excluding carboxylic acids is 2. The molecule has 1 atom stereocenters. The largest absolute Gasteiger partial charge is 0.454 e. The van der Waals surface area contributed by atoms with Gasteiger partial charge in [-0.2, -0.15) is 0 Å². The predicted octanol–water partition coefficient (Wildman–Crippen LogP) is 3.45. The first kappa shape index (κ1) is 17.2. The van der Waals surface area contributed by atoms with Gasteiger partial charge in [0.2, 0.25) is 5.78 Å². The maximum Gasteiger partial charge on any atom is 0.303 e. The van der Waals surface area contributed by atoms with Gasteiger partial charge in [-0.1, -0.05) is 13.8 Å². The van der Waals surface area contributed by atoms with Crippen LogP contribution in [0.1, 0.15) is 50.9 Å². The minimum atomic E-state index is -0.740. The molecule has 1 rings (SSSR count). The van der Waals surface area contributed by atoms with E-state index in [2.05, 4.69) is 18.7 Å². The molecule has 0 radical (unpaired) electrons. The Labute approximate surface area is 127 Å². The van der Waals surface area contributed by atoms with Crippen molar-refractivity contribution in [3.05, 3.63) is 29.8 Å². The predicted molar refractivity (Wildman–Crippen MR) is 84.8 cm³/mol. The summed E-state index contributed by atoms with van der Waals surface area (Å²) in [5, 5.41) is 0. The molecule has 0 spiro atoms. The van der Waals surface area contributed by atoms with Crippen LogP contribution in [0.4, 0.5) is 5.69 Å². The van der Waals surface area contributed by atoms with Crippen molar-refractivity contribution in [2.75, 3.05) is 18.0 Å². The maximum atomic E-state index is 12.1. The van der Waals surface area contributed by atoms with Crippen LogP contribution < -0.4 is 4.90 Å². The molecule has 0 heterocycles. The first-order valence-corrected chi connectivity index (χ1v) is 7.56. The molecule has 21 heavy (non-hydrogen) atoms. The van der Waals surface area contributed by atoms with E-state index in [1.807, 2.05) is 12.1 Å². The molecule has 0 bridgehead atoms. The Morgan fingerprint density at radius 2 is 1.62 bits per heavy atom. The molecule has 0 aromatic heterocycles. The average molecular weight is 291 g/mol. The molecule has 0 amide bonds. The number of rotatable bonds is 8. The van der Waals surface area contributed by atoms with Crippen molar-refractivity contribution >= 4 is 17.4 Å². The topological polar surface area (TPSA) is 46.6 Å². The van der Waals surface area contributed by atoms with Crippen molar-refractivity contribution in [3.8, 4) is 0 Å². The lowest BCUT2D eigenvalue weighted by molar-refractivity contribution is -0.143. The quantitative estimate of drug-likeness (QED) is 0.543. The number of benzene rings is 1. The highest BCUT2D eigenvalue weighted by Crippen LogP contribution is 2.17. The van der Waals surface area contributed by atoms with Gasteiger partial charge < -0.3 is 9.64 Å². The number of nitrogens with zero attached hydrogens (tertiary/aromatic N) is 1. The van der Waals surface area contributed by atoms with Gasteiger partial charge in [0, 0.05) is 31.3 Å². The van der Waals surface area contributed by atoms with Crippen molar-refractivity contribution in [1.29, 1.82) is 0 Å².